The minimum atomic E-state index is -0.513. The fourth-order valence-electron chi connectivity index (χ4n) is 3.80. The van der Waals surface area contributed by atoms with Crippen LogP contribution in [0.4, 0.5) is 16.3 Å². The lowest BCUT2D eigenvalue weighted by Gasteiger charge is -2.36. The lowest BCUT2D eigenvalue weighted by molar-refractivity contribution is 0.0214. The molecule has 146 valence electrons. The number of nitrogens with zero attached hydrogens (tertiary/aromatic N) is 7. The second-order valence-corrected chi connectivity index (χ2v) is 8.25. The number of aryl methyl sites for hydroxylation is 1. The molecule has 2 aliphatic heterocycles. The highest BCUT2D eigenvalue weighted by atomic mass is 16.6. The third kappa shape index (κ3) is 3.26. The molecule has 2 atom stereocenters. The van der Waals surface area contributed by atoms with E-state index in [1.54, 1.807) is 22.0 Å². The number of ether oxygens (including phenoxy) is 1. The van der Waals surface area contributed by atoms with Gasteiger partial charge in [0.2, 0.25) is 5.69 Å². The van der Waals surface area contributed by atoms with Gasteiger partial charge in [-0.1, -0.05) is 0 Å². The van der Waals surface area contributed by atoms with Gasteiger partial charge < -0.3 is 14.5 Å². The molecule has 1 amide bonds. The molecule has 0 unspecified atom stereocenters. The Hall–Kier alpha value is -3.15. The van der Waals surface area contributed by atoms with Gasteiger partial charge in [0, 0.05) is 38.6 Å². The molecule has 0 N–H and O–H groups in total. The van der Waals surface area contributed by atoms with Gasteiger partial charge in [0.25, 0.3) is 0 Å². The van der Waals surface area contributed by atoms with Gasteiger partial charge in [0.1, 0.15) is 11.4 Å². The van der Waals surface area contributed by atoms with Crippen molar-refractivity contribution in [2.24, 2.45) is 7.05 Å². The first kappa shape index (κ1) is 18.2. The number of hydrogen-bond donors (Lipinski definition) is 0. The Kier molecular flexibility index (Phi) is 4.22. The van der Waals surface area contributed by atoms with Crippen LogP contribution in [0, 0.1) is 6.57 Å². The van der Waals surface area contributed by atoms with Gasteiger partial charge >= 0.3 is 6.09 Å². The van der Waals surface area contributed by atoms with Crippen molar-refractivity contribution in [2.75, 3.05) is 18.0 Å². The first-order valence-corrected chi connectivity index (χ1v) is 9.25. The van der Waals surface area contributed by atoms with Gasteiger partial charge in [-0.3, -0.25) is 4.68 Å². The molecule has 0 aliphatic carbocycles. The van der Waals surface area contributed by atoms with Gasteiger partial charge in [-0.05, 0) is 27.2 Å². The maximum Gasteiger partial charge on any atom is 0.410 e. The fourth-order valence-corrected chi connectivity index (χ4v) is 3.80. The first-order chi connectivity index (χ1) is 13.2. The summed E-state index contributed by atoms with van der Waals surface area (Å²) in [6.45, 7) is 14.3. The summed E-state index contributed by atoms with van der Waals surface area (Å²) < 4.78 is 7.22. The second-order valence-electron chi connectivity index (χ2n) is 8.25. The molecule has 4 heterocycles. The number of carbonyl (C=O) groups excluding carboxylic acids is 1. The molecule has 0 aromatic carbocycles. The van der Waals surface area contributed by atoms with Crippen molar-refractivity contribution in [2.45, 2.75) is 44.9 Å². The van der Waals surface area contributed by atoms with E-state index in [1.165, 1.54) is 0 Å². The molecular formula is C19H23N7O2. The maximum atomic E-state index is 12.5. The van der Waals surface area contributed by atoms with Crippen molar-refractivity contribution in [1.82, 2.24) is 24.6 Å². The molecule has 0 spiro atoms. The van der Waals surface area contributed by atoms with Crippen molar-refractivity contribution in [3.8, 4) is 11.4 Å². The van der Waals surface area contributed by atoms with Crippen molar-refractivity contribution in [3.05, 3.63) is 30.0 Å². The largest absolute Gasteiger partial charge is 0.444 e. The van der Waals surface area contributed by atoms with Crippen molar-refractivity contribution in [3.63, 3.8) is 0 Å². The van der Waals surface area contributed by atoms with E-state index in [0.29, 0.717) is 30.4 Å². The fraction of sp³-hybridized carbons (Fsp3) is 0.526. The number of aromatic nitrogens is 4. The van der Waals surface area contributed by atoms with Gasteiger partial charge in [0.05, 0.1) is 24.4 Å². The summed E-state index contributed by atoms with van der Waals surface area (Å²) in [6, 6.07) is 0.185. The summed E-state index contributed by atoms with van der Waals surface area (Å²) >= 11 is 0. The Morgan fingerprint density at radius 1 is 1.29 bits per heavy atom. The summed E-state index contributed by atoms with van der Waals surface area (Å²) in [7, 11) is 1.84. The molecule has 9 nitrogen and oxygen atoms in total. The molecule has 4 rings (SSSR count). The van der Waals surface area contributed by atoms with Crippen molar-refractivity contribution < 1.29 is 9.53 Å². The molecule has 2 aliphatic rings. The maximum absolute atomic E-state index is 12.5. The van der Waals surface area contributed by atoms with E-state index < -0.39 is 5.60 Å². The highest BCUT2D eigenvalue weighted by Crippen LogP contribution is 2.39. The van der Waals surface area contributed by atoms with Crippen LogP contribution in [0.2, 0.25) is 0 Å². The van der Waals surface area contributed by atoms with E-state index in [2.05, 4.69) is 24.8 Å². The Bertz CT molecular complexity index is 956. The standard InChI is InChI=1S/C19H23N7O2/c1-19(2,3)28-18(27)26-11-13-6-14(26)10-25(13)17-15(20-4)8-21-16(23-17)12-7-22-24(5)9-12/h7-9,13-14H,6,10-11H2,1-3,5H3/t13-,14-/m0/s1. The van der Waals surface area contributed by atoms with Crippen molar-refractivity contribution >= 4 is 17.6 Å². The van der Waals surface area contributed by atoms with Crippen LogP contribution in [-0.2, 0) is 11.8 Å². The Labute approximate surface area is 163 Å². The zero-order valence-electron chi connectivity index (χ0n) is 16.5. The number of anilines is 1. The highest BCUT2D eigenvalue weighted by Gasteiger charge is 2.47. The molecule has 2 bridgehead atoms. The third-order valence-corrected chi connectivity index (χ3v) is 4.97. The first-order valence-electron chi connectivity index (χ1n) is 9.25. The van der Waals surface area contributed by atoms with Gasteiger partial charge in [-0.25, -0.2) is 19.6 Å². The molecule has 2 aromatic heterocycles. The quantitative estimate of drug-likeness (QED) is 0.744. The number of carbonyl (C=O) groups is 1. The number of piperazine rings is 1. The third-order valence-electron chi connectivity index (χ3n) is 4.97. The smallest absolute Gasteiger partial charge is 0.410 e. The van der Waals surface area contributed by atoms with Crippen LogP contribution < -0.4 is 4.90 Å². The van der Waals surface area contributed by atoms with Crippen LogP contribution in [0.3, 0.4) is 0 Å². The molecule has 2 fully saturated rings. The predicted octanol–water partition coefficient (Wildman–Crippen LogP) is 2.63. The van der Waals surface area contributed by atoms with Gasteiger partial charge in [-0.15, -0.1) is 0 Å². The number of amides is 1. The zero-order chi connectivity index (χ0) is 20.1. The van der Waals surface area contributed by atoms with E-state index >= 15 is 0 Å². The summed E-state index contributed by atoms with van der Waals surface area (Å²) in [5, 5.41) is 4.16. The van der Waals surface area contributed by atoms with Crippen LogP contribution in [0.1, 0.15) is 27.2 Å². The minimum Gasteiger partial charge on any atom is -0.444 e. The number of rotatable bonds is 2. The molecule has 2 aromatic rings. The molecule has 9 heteroatoms. The molecule has 0 radical (unpaired) electrons. The van der Waals surface area contributed by atoms with E-state index in [1.807, 2.05) is 34.0 Å². The lowest BCUT2D eigenvalue weighted by Crippen LogP contribution is -2.50. The molecule has 28 heavy (non-hydrogen) atoms. The van der Waals surface area contributed by atoms with E-state index in [4.69, 9.17) is 11.3 Å². The Balaban J connectivity index is 1.57. The molecular weight excluding hydrogens is 358 g/mol. The monoisotopic (exact) mass is 381 g/mol. The van der Waals surface area contributed by atoms with Crippen LogP contribution in [0.15, 0.2) is 18.6 Å². The normalized spacial score (nSPS) is 21.1. The van der Waals surface area contributed by atoms with Gasteiger partial charge in [-0.2, -0.15) is 5.10 Å². The number of likely N-dealkylation sites (tertiary alicyclic amines) is 1. The Morgan fingerprint density at radius 2 is 2.07 bits per heavy atom. The number of hydrogen-bond acceptors (Lipinski definition) is 6. The van der Waals surface area contributed by atoms with Crippen LogP contribution >= 0.6 is 0 Å². The van der Waals surface area contributed by atoms with Crippen molar-refractivity contribution in [1.29, 1.82) is 0 Å². The van der Waals surface area contributed by atoms with Gasteiger partial charge in [0.15, 0.2) is 5.82 Å². The summed E-state index contributed by atoms with van der Waals surface area (Å²) in [4.78, 5) is 29.0. The minimum absolute atomic E-state index is 0.0650. The van der Waals surface area contributed by atoms with E-state index in [0.717, 1.165) is 12.0 Å². The molecule has 2 saturated heterocycles. The lowest BCUT2D eigenvalue weighted by atomic mass is 10.2. The average Bonchev–Trinajstić information content (AvgIpc) is 3.34. The zero-order valence-corrected chi connectivity index (χ0v) is 16.5. The molecule has 0 saturated carbocycles. The summed E-state index contributed by atoms with van der Waals surface area (Å²) in [5.74, 6) is 1.17. The summed E-state index contributed by atoms with van der Waals surface area (Å²) in [5.41, 5.74) is 0.713. The topological polar surface area (TPSA) is 80.7 Å². The highest BCUT2D eigenvalue weighted by molar-refractivity contribution is 5.73. The number of fused-ring (bicyclic) bond motifs is 2. The SMILES string of the molecule is [C-]#[N+]c1cnc(-c2cnn(C)c2)nc1N1C[C@@H]2C[C@H]1CN2C(=O)OC(C)(C)C. The summed E-state index contributed by atoms with van der Waals surface area (Å²) in [6.07, 6.45) is 5.69. The van der Waals surface area contributed by atoms with Crippen LogP contribution in [-0.4, -0.2) is 61.5 Å². The second kappa shape index (κ2) is 6.48. The van der Waals surface area contributed by atoms with E-state index in [9.17, 15) is 4.79 Å². The average molecular weight is 381 g/mol. The van der Waals surface area contributed by atoms with Crippen LogP contribution in [0.25, 0.3) is 16.2 Å². The predicted molar refractivity (Wildman–Crippen MR) is 103 cm³/mol. The van der Waals surface area contributed by atoms with E-state index in [-0.39, 0.29) is 18.2 Å². The Morgan fingerprint density at radius 3 is 2.64 bits per heavy atom. The van der Waals surface area contributed by atoms with Crippen LogP contribution in [0.5, 0.6) is 0 Å².